The molecule has 3 rings (SSSR count). The lowest BCUT2D eigenvalue weighted by Gasteiger charge is -2.21. The van der Waals surface area contributed by atoms with Gasteiger partial charge >= 0.3 is 0 Å². The Hall–Kier alpha value is -1.79. The first kappa shape index (κ1) is 21.5. The smallest absolute Gasteiger partial charge is 0.263 e. The van der Waals surface area contributed by atoms with Crippen LogP contribution in [0.1, 0.15) is 56.1 Å². The van der Waals surface area contributed by atoms with E-state index in [1.54, 1.807) is 6.07 Å². The van der Waals surface area contributed by atoms with Gasteiger partial charge in [0.25, 0.3) is 5.91 Å². The molecule has 1 aromatic carbocycles. The molecule has 7 heteroatoms. The number of halogens is 2. The molecule has 0 saturated heterocycles. The average molecular weight is 411 g/mol. The van der Waals surface area contributed by atoms with Crippen LogP contribution in [0.25, 0.3) is 10.6 Å². The molecule has 4 nitrogen and oxygen atoms in total. The summed E-state index contributed by atoms with van der Waals surface area (Å²) in [5.74, 6) is -0.599. The average Bonchev–Trinajstić information content (AvgIpc) is 3.32. The van der Waals surface area contributed by atoms with Crippen molar-refractivity contribution >= 4 is 34.6 Å². The van der Waals surface area contributed by atoms with E-state index in [1.165, 1.54) is 25.3 Å². The molecule has 1 fully saturated rings. The summed E-state index contributed by atoms with van der Waals surface area (Å²) in [7, 11) is 0. The van der Waals surface area contributed by atoms with Crippen LogP contribution in [-0.4, -0.2) is 22.7 Å². The summed E-state index contributed by atoms with van der Waals surface area (Å²) in [5.41, 5.74) is 0.521. The van der Waals surface area contributed by atoms with E-state index in [9.17, 15) is 14.0 Å². The van der Waals surface area contributed by atoms with Gasteiger partial charge < -0.3 is 5.32 Å². The number of thiazole rings is 1. The van der Waals surface area contributed by atoms with Gasteiger partial charge in [-0.05, 0) is 43.9 Å². The summed E-state index contributed by atoms with van der Waals surface area (Å²) in [6.45, 7) is 5.51. The number of ketones is 1. The summed E-state index contributed by atoms with van der Waals surface area (Å²) in [6, 6.07) is 3.68. The van der Waals surface area contributed by atoms with E-state index in [0.29, 0.717) is 15.4 Å². The Bertz CT molecular complexity index is 783. The van der Waals surface area contributed by atoms with Gasteiger partial charge in [-0.25, -0.2) is 9.37 Å². The second-order valence-electron chi connectivity index (χ2n) is 6.29. The third kappa shape index (κ3) is 5.59. The van der Waals surface area contributed by atoms with Crippen LogP contribution in [-0.2, 0) is 4.79 Å². The Kier molecular flexibility index (Phi) is 7.92. The highest BCUT2D eigenvalue weighted by Gasteiger charge is 2.30. The van der Waals surface area contributed by atoms with Gasteiger partial charge in [-0.15, -0.1) is 11.3 Å². The molecule has 1 aliphatic rings. The molecule has 1 saturated carbocycles. The number of hydrogen-bond acceptors (Lipinski definition) is 4. The van der Waals surface area contributed by atoms with Crippen molar-refractivity contribution in [1.29, 1.82) is 0 Å². The molecule has 1 unspecified atom stereocenters. The summed E-state index contributed by atoms with van der Waals surface area (Å²) in [5, 5.41) is 3.62. The van der Waals surface area contributed by atoms with Crippen molar-refractivity contribution in [3.05, 3.63) is 40.1 Å². The Morgan fingerprint density at radius 3 is 2.52 bits per heavy atom. The lowest BCUT2D eigenvalue weighted by atomic mass is 9.95. The first-order valence-electron chi connectivity index (χ1n) is 9.17. The van der Waals surface area contributed by atoms with Crippen LogP contribution in [0.3, 0.4) is 0 Å². The molecular weight excluding hydrogens is 387 g/mol. The van der Waals surface area contributed by atoms with Crippen molar-refractivity contribution in [3.8, 4) is 10.6 Å². The molecule has 27 heavy (non-hydrogen) atoms. The Labute approximate surface area is 168 Å². The van der Waals surface area contributed by atoms with Crippen molar-refractivity contribution < 1.29 is 14.0 Å². The lowest BCUT2D eigenvalue weighted by molar-refractivity contribution is -0.120. The maximum absolute atomic E-state index is 13.5. The molecule has 1 atom stereocenters. The van der Waals surface area contributed by atoms with Crippen LogP contribution >= 0.6 is 22.9 Å². The van der Waals surface area contributed by atoms with Crippen LogP contribution < -0.4 is 5.32 Å². The number of amides is 1. The largest absolute Gasteiger partial charge is 0.341 e. The number of benzene rings is 1. The molecule has 146 valence electrons. The number of Topliss-reactive ketones (excluding diaryl/α,β-unsaturated/α-hetero) is 1. The number of aromatic nitrogens is 1. The minimum atomic E-state index is -0.457. The summed E-state index contributed by atoms with van der Waals surface area (Å²) in [4.78, 5) is 29.0. The third-order valence-electron chi connectivity index (χ3n) is 4.43. The fourth-order valence-corrected chi connectivity index (χ4v) is 4.27. The molecule has 1 amide bonds. The predicted octanol–water partition coefficient (Wildman–Crippen LogP) is 5.51. The zero-order valence-electron chi connectivity index (χ0n) is 15.7. The monoisotopic (exact) mass is 410 g/mol. The maximum atomic E-state index is 13.5. The van der Waals surface area contributed by atoms with E-state index in [4.69, 9.17) is 11.6 Å². The molecule has 1 aromatic heterocycles. The minimum absolute atomic E-state index is 0.0260. The van der Waals surface area contributed by atoms with Crippen molar-refractivity contribution in [2.45, 2.75) is 52.5 Å². The summed E-state index contributed by atoms with van der Waals surface area (Å²) in [6.07, 6.45) is 5.55. The molecule has 0 bridgehead atoms. The lowest BCUT2D eigenvalue weighted by Crippen LogP contribution is -2.44. The predicted molar refractivity (Wildman–Crippen MR) is 108 cm³/mol. The van der Waals surface area contributed by atoms with Crippen molar-refractivity contribution in [3.63, 3.8) is 0 Å². The topological polar surface area (TPSA) is 59.1 Å². The van der Waals surface area contributed by atoms with Gasteiger partial charge in [-0.1, -0.05) is 38.3 Å². The van der Waals surface area contributed by atoms with E-state index in [2.05, 4.69) is 10.3 Å². The van der Waals surface area contributed by atoms with Gasteiger partial charge in [0.1, 0.15) is 15.7 Å². The fraction of sp³-hybridized carbons (Fsp3) is 0.450. The normalized spacial score (nSPS) is 15.0. The molecular formula is C20H24ClFN2O2S. The number of rotatable bonds is 5. The Morgan fingerprint density at radius 2 is 1.93 bits per heavy atom. The van der Waals surface area contributed by atoms with E-state index in [1.807, 2.05) is 13.8 Å². The highest BCUT2D eigenvalue weighted by molar-refractivity contribution is 7.16. The third-order valence-corrected chi connectivity index (χ3v) is 5.70. The molecule has 2 aromatic rings. The van der Waals surface area contributed by atoms with Crippen LogP contribution in [0.15, 0.2) is 24.4 Å². The molecule has 0 radical (unpaired) electrons. The highest BCUT2D eigenvalue weighted by atomic mass is 35.5. The maximum Gasteiger partial charge on any atom is 0.263 e. The van der Waals surface area contributed by atoms with Gasteiger partial charge in [-0.3, -0.25) is 9.59 Å². The van der Waals surface area contributed by atoms with Crippen molar-refractivity contribution in [1.82, 2.24) is 10.3 Å². The number of carbonyl (C=O) groups excluding carboxylic acids is 2. The van der Waals surface area contributed by atoms with E-state index >= 15 is 0 Å². The highest BCUT2D eigenvalue weighted by Crippen LogP contribution is 2.30. The molecule has 1 heterocycles. The fourth-order valence-electron chi connectivity index (χ4n) is 3.24. The first-order chi connectivity index (χ1) is 12.9. The second kappa shape index (κ2) is 9.95. The molecule has 0 aliphatic heterocycles. The Balaban J connectivity index is 0.00000126. The molecule has 1 N–H and O–H groups in total. The quantitative estimate of drug-likeness (QED) is 0.707. The van der Waals surface area contributed by atoms with Gasteiger partial charge in [0, 0.05) is 10.6 Å². The number of carbonyl (C=O) groups is 2. The number of nitrogens with zero attached hydrogens (tertiary/aromatic N) is 1. The van der Waals surface area contributed by atoms with Gasteiger partial charge in [0.2, 0.25) is 0 Å². The Morgan fingerprint density at radius 1 is 1.26 bits per heavy atom. The minimum Gasteiger partial charge on any atom is -0.341 e. The second-order valence-corrected chi connectivity index (χ2v) is 7.76. The van der Waals surface area contributed by atoms with E-state index in [-0.39, 0.29) is 22.6 Å². The first-order valence-corrected chi connectivity index (χ1v) is 10.4. The van der Waals surface area contributed by atoms with Crippen LogP contribution in [0, 0.1) is 11.7 Å². The van der Waals surface area contributed by atoms with Crippen LogP contribution in [0.2, 0.25) is 5.02 Å². The zero-order chi connectivity index (χ0) is 20.0. The van der Waals surface area contributed by atoms with Gasteiger partial charge in [0.05, 0.1) is 12.2 Å². The van der Waals surface area contributed by atoms with Crippen molar-refractivity contribution in [2.24, 2.45) is 5.92 Å². The van der Waals surface area contributed by atoms with E-state index in [0.717, 1.165) is 37.0 Å². The van der Waals surface area contributed by atoms with Crippen molar-refractivity contribution in [2.75, 3.05) is 0 Å². The molecule has 1 aliphatic carbocycles. The SMILES string of the molecule is CC.CC(=O)C(NC(=O)c1cnc(-c2cc(F)cc(Cl)c2)s1)C1CCCC1. The van der Waals surface area contributed by atoms with Crippen LogP contribution in [0.4, 0.5) is 4.39 Å². The summed E-state index contributed by atoms with van der Waals surface area (Å²) < 4.78 is 13.5. The van der Waals surface area contributed by atoms with E-state index < -0.39 is 11.9 Å². The summed E-state index contributed by atoms with van der Waals surface area (Å²) >= 11 is 7.01. The van der Waals surface area contributed by atoms with Gasteiger partial charge in [-0.2, -0.15) is 0 Å². The van der Waals surface area contributed by atoms with Gasteiger partial charge in [0.15, 0.2) is 5.78 Å². The molecule has 0 spiro atoms. The number of hydrogen-bond donors (Lipinski definition) is 1. The number of nitrogens with one attached hydrogen (secondary N) is 1. The van der Waals surface area contributed by atoms with Crippen LogP contribution in [0.5, 0.6) is 0 Å². The standard InChI is InChI=1S/C18H18ClFN2O2S.C2H6/c1-10(23)16(11-4-2-3-5-11)22-17(24)15-9-21-18(25-15)12-6-13(19)8-14(20)7-12;1-2/h6-9,11,16H,2-5H2,1H3,(H,22,24);1-2H3. The zero-order valence-corrected chi connectivity index (χ0v) is 17.3.